The number of hydrogen-bond donors (Lipinski definition) is 1. The number of benzene rings is 2. The summed E-state index contributed by atoms with van der Waals surface area (Å²) >= 11 is 0. The zero-order valence-corrected chi connectivity index (χ0v) is 14.1. The number of nitrogens with one attached hydrogen (secondary N) is 1. The summed E-state index contributed by atoms with van der Waals surface area (Å²) in [4.78, 5) is 34.9. The van der Waals surface area contributed by atoms with E-state index in [-0.39, 0.29) is 5.56 Å². The molecule has 0 bridgehead atoms. The van der Waals surface area contributed by atoms with Crippen LogP contribution < -0.4 is 14.8 Å². The van der Waals surface area contributed by atoms with Gasteiger partial charge in [0.15, 0.2) is 17.6 Å². The van der Waals surface area contributed by atoms with Gasteiger partial charge in [0.2, 0.25) is 0 Å². The minimum Gasteiger partial charge on any atom is -0.486 e. The van der Waals surface area contributed by atoms with Crippen LogP contribution in [-0.2, 0) is 9.53 Å². The maximum atomic E-state index is 12.2. The zero-order valence-electron chi connectivity index (χ0n) is 14.1. The molecular weight excluding hydrogens is 338 g/mol. The molecule has 0 unspecified atom stereocenters. The highest BCUT2D eigenvalue weighted by molar-refractivity contribution is 5.97. The lowest BCUT2D eigenvalue weighted by Crippen LogP contribution is -2.30. The lowest BCUT2D eigenvalue weighted by Gasteiger charge is -2.19. The topological polar surface area (TPSA) is 90.9 Å². The van der Waals surface area contributed by atoms with Crippen molar-refractivity contribution in [1.82, 2.24) is 0 Å². The quantitative estimate of drug-likeness (QED) is 0.654. The summed E-state index contributed by atoms with van der Waals surface area (Å²) < 4.78 is 16.0. The predicted octanol–water partition coefficient (Wildman–Crippen LogP) is 2.45. The fraction of sp³-hybridized carbons (Fsp3) is 0.211. The molecule has 1 aliphatic heterocycles. The van der Waals surface area contributed by atoms with Crippen LogP contribution in [0.25, 0.3) is 0 Å². The molecule has 2 aromatic carbocycles. The molecule has 7 heteroatoms. The van der Waals surface area contributed by atoms with Crippen molar-refractivity contribution in [2.75, 3.05) is 18.5 Å². The Balaban J connectivity index is 1.60. The molecule has 0 radical (unpaired) electrons. The van der Waals surface area contributed by atoms with Gasteiger partial charge in [-0.1, -0.05) is 12.1 Å². The standard InChI is InChI=1S/C19H17NO6/c1-12(26-19(23)14-4-2-13(11-21)3-5-14)18(22)20-15-6-7-16-17(10-15)25-9-8-24-16/h2-7,10-12H,8-9H2,1H3,(H,20,22)/t12-/m1/s1. The largest absolute Gasteiger partial charge is 0.486 e. The normalized spacial score (nSPS) is 13.4. The van der Waals surface area contributed by atoms with Crippen molar-refractivity contribution in [1.29, 1.82) is 0 Å². The van der Waals surface area contributed by atoms with E-state index in [1.54, 1.807) is 18.2 Å². The Morgan fingerprint density at radius 2 is 1.77 bits per heavy atom. The van der Waals surface area contributed by atoms with Gasteiger partial charge in [-0.25, -0.2) is 4.79 Å². The Bertz CT molecular complexity index is 830. The predicted molar refractivity (Wildman–Crippen MR) is 92.8 cm³/mol. The van der Waals surface area contributed by atoms with E-state index in [4.69, 9.17) is 14.2 Å². The van der Waals surface area contributed by atoms with Gasteiger partial charge in [-0.15, -0.1) is 0 Å². The van der Waals surface area contributed by atoms with Crippen molar-refractivity contribution in [3.8, 4) is 11.5 Å². The number of amides is 1. The fourth-order valence-corrected chi connectivity index (χ4v) is 2.34. The highest BCUT2D eigenvalue weighted by atomic mass is 16.6. The van der Waals surface area contributed by atoms with Crippen molar-refractivity contribution in [2.45, 2.75) is 13.0 Å². The van der Waals surface area contributed by atoms with E-state index in [9.17, 15) is 14.4 Å². The summed E-state index contributed by atoms with van der Waals surface area (Å²) in [5.41, 5.74) is 1.22. The summed E-state index contributed by atoms with van der Waals surface area (Å²) in [5.74, 6) is 0.0493. The van der Waals surface area contributed by atoms with E-state index in [0.717, 1.165) is 0 Å². The molecule has 1 atom stereocenters. The second-order valence-electron chi connectivity index (χ2n) is 5.64. The van der Waals surface area contributed by atoms with Crippen LogP contribution in [0.1, 0.15) is 27.6 Å². The molecule has 1 N–H and O–H groups in total. The van der Waals surface area contributed by atoms with Crippen molar-refractivity contribution < 1.29 is 28.6 Å². The third-order valence-electron chi connectivity index (χ3n) is 3.75. The lowest BCUT2D eigenvalue weighted by atomic mass is 10.1. The number of ether oxygens (including phenoxy) is 3. The van der Waals surface area contributed by atoms with Gasteiger partial charge >= 0.3 is 5.97 Å². The first-order valence-electron chi connectivity index (χ1n) is 8.03. The molecule has 1 heterocycles. The van der Waals surface area contributed by atoms with E-state index < -0.39 is 18.0 Å². The van der Waals surface area contributed by atoms with Gasteiger partial charge < -0.3 is 19.5 Å². The molecule has 0 fully saturated rings. The number of fused-ring (bicyclic) bond motifs is 1. The minimum absolute atomic E-state index is 0.259. The average Bonchev–Trinajstić information content (AvgIpc) is 2.67. The van der Waals surface area contributed by atoms with Crippen molar-refractivity contribution in [2.24, 2.45) is 0 Å². The van der Waals surface area contributed by atoms with Crippen LogP contribution in [0.2, 0.25) is 0 Å². The second-order valence-corrected chi connectivity index (χ2v) is 5.64. The number of carbonyl (C=O) groups is 3. The summed E-state index contributed by atoms with van der Waals surface area (Å²) in [6.45, 7) is 2.41. The van der Waals surface area contributed by atoms with Crippen LogP contribution in [0.15, 0.2) is 42.5 Å². The van der Waals surface area contributed by atoms with Crippen LogP contribution in [0.4, 0.5) is 5.69 Å². The van der Waals surface area contributed by atoms with Crippen LogP contribution >= 0.6 is 0 Å². The maximum Gasteiger partial charge on any atom is 0.338 e. The minimum atomic E-state index is -0.999. The van der Waals surface area contributed by atoms with E-state index in [2.05, 4.69) is 5.32 Å². The lowest BCUT2D eigenvalue weighted by molar-refractivity contribution is -0.123. The average molecular weight is 355 g/mol. The molecule has 0 spiro atoms. The first-order chi connectivity index (χ1) is 12.6. The number of carbonyl (C=O) groups excluding carboxylic acids is 3. The van der Waals surface area contributed by atoms with Gasteiger partial charge in [0.25, 0.3) is 5.91 Å². The number of anilines is 1. The van der Waals surface area contributed by atoms with Gasteiger partial charge in [0, 0.05) is 17.3 Å². The highest BCUT2D eigenvalue weighted by Gasteiger charge is 2.20. The van der Waals surface area contributed by atoms with Crippen molar-refractivity contribution >= 4 is 23.9 Å². The molecule has 0 saturated heterocycles. The van der Waals surface area contributed by atoms with Crippen molar-refractivity contribution in [3.05, 3.63) is 53.6 Å². The molecule has 2 aromatic rings. The Morgan fingerprint density at radius 1 is 1.08 bits per heavy atom. The molecule has 3 rings (SSSR count). The number of aldehydes is 1. The third kappa shape index (κ3) is 4.00. The molecule has 26 heavy (non-hydrogen) atoms. The van der Waals surface area contributed by atoms with Crippen LogP contribution in [-0.4, -0.2) is 37.5 Å². The highest BCUT2D eigenvalue weighted by Crippen LogP contribution is 2.32. The molecule has 134 valence electrons. The zero-order chi connectivity index (χ0) is 18.5. The van der Waals surface area contributed by atoms with Gasteiger partial charge in [-0.2, -0.15) is 0 Å². The number of hydrogen-bond acceptors (Lipinski definition) is 6. The summed E-state index contributed by atoms with van der Waals surface area (Å²) in [6, 6.07) is 11.0. The smallest absolute Gasteiger partial charge is 0.338 e. The Hall–Kier alpha value is -3.35. The summed E-state index contributed by atoms with van der Waals surface area (Å²) in [6.07, 6.45) is -0.320. The SMILES string of the molecule is C[C@@H](OC(=O)c1ccc(C=O)cc1)C(=O)Nc1ccc2c(c1)OCCO2. The van der Waals surface area contributed by atoms with E-state index in [1.807, 2.05) is 0 Å². The van der Waals surface area contributed by atoms with E-state index in [0.29, 0.717) is 42.2 Å². The summed E-state index contributed by atoms with van der Waals surface area (Å²) in [5, 5.41) is 2.67. The number of esters is 1. The van der Waals surface area contributed by atoms with Gasteiger partial charge in [-0.05, 0) is 31.2 Å². The van der Waals surface area contributed by atoms with Crippen LogP contribution in [0, 0.1) is 0 Å². The van der Waals surface area contributed by atoms with Crippen molar-refractivity contribution in [3.63, 3.8) is 0 Å². The molecule has 0 aromatic heterocycles. The van der Waals surface area contributed by atoms with Crippen LogP contribution in [0.3, 0.4) is 0 Å². The summed E-state index contributed by atoms with van der Waals surface area (Å²) in [7, 11) is 0. The molecule has 7 nitrogen and oxygen atoms in total. The van der Waals surface area contributed by atoms with E-state index >= 15 is 0 Å². The first-order valence-corrected chi connectivity index (χ1v) is 8.03. The Labute approximate surface area is 149 Å². The molecular formula is C19H17NO6. The van der Waals surface area contributed by atoms with Crippen LogP contribution in [0.5, 0.6) is 11.5 Å². The monoisotopic (exact) mass is 355 g/mol. The third-order valence-corrected chi connectivity index (χ3v) is 3.75. The van der Waals surface area contributed by atoms with Gasteiger partial charge in [0.1, 0.15) is 19.5 Å². The fourth-order valence-electron chi connectivity index (χ4n) is 2.34. The second kappa shape index (κ2) is 7.69. The Kier molecular flexibility index (Phi) is 5.17. The maximum absolute atomic E-state index is 12.2. The van der Waals surface area contributed by atoms with Gasteiger partial charge in [0.05, 0.1) is 5.56 Å². The Morgan fingerprint density at radius 3 is 2.46 bits per heavy atom. The molecule has 1 aliphatic rings. The molecule has 1 amide bonds. The van der Waals surface area contributed by atoms with E-state index in [1.165, 1.54) is 31.2 Å². The molecule has 0 aliphatic carbocycles. The van der Waals surface area contributed by atoms with Gasteiger partial charge in [-0.3, -0.25) is 9.59 Å². The number of rotatable bonds is 5. The first kappa shape index (κ1) is 17.5. The molecule has 0 saturated carbocycles.